The molecule has 2 aliphatic rings. The third-order valence-electron chi connectivity index (χ3n) is 6.66. The van der Waals surface area contributed by atoms with Crippen molar-refractivity contribution in [2.45, 2.75) is 32.4 Å². The Kier molecular flexibility index (Phi) is 8.81. The Labute approximate surface area is 222 Å². The highest BCUT2D eigenvalue weighted by Gasteiger charge is 2.45. The number of benzene rings is 2. The van der Waals surface area contributed by atoms with Gasteiger partial charge in [-0.3, -0.25) is 14.5 Å². The van der Waals surface area contributed by atoms with Crippen LogP contribution in [-0.2, 0) is 19.1 Å². The number of nitrogens with zero attached hydrogens (tertiary/aromatic N) is 2. The lowest BCUT2D eigenvalue weighted by Gasteiger charge is -2.29. The van der Waals surface area contributed by atoms with E-state index in [0.717, 1.165) is 19.6 Å². The van der Waals surface area contributed by atoms with Crippen molar-refractivity contribution in [2.24, 2.45) is 0 Å². The van der Waals surface area contributed by atoms with Crippen LogP contribution in [0, 0.1) is 0 Å². The molecule has 4 rings (SSSR count). The number of carbonyl (C=O) groups excluding carboxylic acids is 3. The first-order chi connectivity index (χ1) is 18.3. The van der Waals surface area contributed by atoms with Gasteiger partial charge in [0.25, 0.3) is 11.7 Å². The number of amides is 1. The number of Topliss-reactive ketones (excluding diaryl/α,β-unsaturated/α-hetero) is 1. The highest BCUT2D eigenvalue weighted by atomic mass is 16.5. The standard InChI is InChI=1S/C29H34N2O7/c1-19(2)38-23-11-9-21(10-12-23)26(32)24-25(20-5-7-22(8-6-20)29(35)36-3)31(28(34)27(24)33)14-4-13-30-15-17-37-18-16-30/h5-12,19,25,32H,4,13-18H2,1-3H3/b26-24-. The molecule has 0 saturated carbocycles. The molecular formula is C29H34N2O7. The molecule has 2 heterocycles. The van der Waals surface area contributed by atoms with E-state index in [9.17, 15) is 19.5 Å². The number of ketones is 1. The van der Waals surface area contributed by atoms with Crippen LogP contribution < -0.4 is 4.74 Å². The van der Waals surface area contributed by atoms with Gasteiger partial charge in [-0.2, -0.15) is 0 Å². The molecule has 0 bridgehead atoms. The van der Waals surface area contributed by atoms with Crippen molar-refractivity contribution in [3.8, 4) is 5.75 Å². The first-order valence-corrected chi connectivity index (χ1v) is 12.8. The first kappa shape index (κ1) is 27.3. The van der Waals surface area contributed by atoms with Crippen LogP contribution in [0.2, 0.25) is 0 Å². The minimum absolute atomic E-state index is 0.00908. The van der Waals surface area contributed by atoms with E-state index >= 15 is 0 Å². The monoisotopic (exact) mass is 522 g/mol. The van der Waals surface area contributed by atoms with Gasteiger partial charge in [-0.1, -0.05) is 12.1 Å². The summed E-state index contributed by atoms with van der Waals surface area (Å²) >= 11 is 0. The summed E-state index contributed by atoms with van der Waals surface area (Å²) in [6.45, 7) is 7.94. The Hall–Kier alpha value is -3.69. The molecule has 0 aliphatic carbocycles. The van der Waals surface area contributed by atoms with E-state index in [1.54, 1.807) is 48.5 Å². The second-order valence-corrected chi connectivity index (χ2v) is 9.60. The summed E-state index contributed by atoms with van der Waals surface area (Å²) in [7, 11) is 1.30. The topological polar surface area (TPSA) is 106 Å². The Morgan fingerprint density at radius 3 is 2.24 bits per heavy atom. The fourth-order valence-corrected chi connectivity index (χ4v) is 4.79. The molecule has 1 unspecified atom stereocenters. The fourth-order valence-electron chi connectivity index (χ4n) is 4.79. The van der Waals surface area contributed by atoms with E-state index in [-0.39, 0.29) is 17.4 Å². The van der Waals surface area contributed by atoms with Gasteiger partial charge < -0.3 is 24.2 Å². The predicted molar refractivity (Wildman–Crippen MR) is 141 cm³/mol. The third-order valence-corrected chi connectivity index (χ3v) is 6.66. The SMILES string of the molecule is COC(=O)c1ccc(C2/C(=C(/O)c3ccc(OC(C)C)cc3)C(=O)C(=O)N2CCCN2CCOCC2)cc1. The van der Waals surface area contributed by atoms with Crippen molar-refractivity contribution in [1.29, 1.82) is 0 Å². The number of hydrogen-bond donors (Lipinski definition) is 1. The normalized spacial score (nSPS) is 19.7. The lowest BCUT2D eigenvalue weighted by molar-refractivity contribution is -0.140. The Balaban J connectivity index is 1.67. The Bertz CT molecular complexity index is 1180. The average Bonchev–Trinajstić information content (AvgIpc) is 3.18. The van der Waals surface area contributed by atoms with Crippen LogP contribution in [0.4, 0.5) is 0 Å². The van der Waals surface area contributed by atoms with Crippen molar-refractivity contribution >= 4 is 23.4 Å². The van der Waals surface area contributed by atoms with Gasteiger partial charge in [0.1, 0.15) is 11.5 Å². The minimum atomic E-state index is -0.794. The number of ether oxygens (including phenoxy) is 3. The smallest absolute Gasteiger partial charge is 0.337 e. The number of morpholine rings is 1. The zero-order valence-corrected chi connectivity index (χ0v) is 22.0. The highest BCUT2D eigenvalue weighted by Crippen LogP contribution is 2.39. The van der Waals surface area contributed by atoms with Crippen molar-refractivity contribution in [2.75, 3.05) is 46.5 Å². The average molecular weight is 523 g/mol. The van der Waals surface area contributed by atoms with Crippen molar-refractivity contribution in [3.63, 3.8) is 0 Å². The molecule has 2 aromatic rings. The maximum Gasteiger partial charge on any atom is 0.337 e. The van der Waals surface area contributed by atoms with Gasteiger partial charge in [-0.05, 0) is 62.2 Å². The maximum absolute atomic E-state index is 13.3. The van der Waals surface area contributed by atoms with E-state index in [4.69, 9.17) is 14.2 Å². The van der Waals surface area contributed by atoms with Crippen LogP contribution in [0.5, 0.6) is 5.75 Å². The minimum Gasteiger partial charge on any atom is -0.507 e. The molecule has 2 saturated heterocycles. The quantitative estimate of drug-likeness (QED) is 0.231. The molecule has 2 aromatic carbocycles. The van der Waals surface area contributed by atoms with Gasteiger partial charge in [0, 0.05) is 31.7 Å². The van der Waals surface area contributed by atoms with Crippen LogP contribution in [-0.4, -0.2) is 85.2 Å². The summed E-state index contributed by atoms with van der Waals surface area (Å²) in [5.74, 6) is -1.50. The van der Waals surface area contributed by atoms with Crippen LogP contribution in [0.25, 0.3) is 5.76 Å². The van der Waals surface area contributed by atoms with E-state index in [1.165, 1.54) is 12.0 Å². The van der Waals surface area contributed by atoms with E-state index in [0.29, 0.717) is 48.6 Å². The summed E-state index contributed by atoms with van der Waals surface area (Å²) in [4.78, 5) is 42.2. The molecule has 0 radical (unpaired) electrons. The summed E-state index contributed by atoms with van der Waals surface area (Å²) in [6, 6.07) is 12.5. The van der Waals surface area contributed by atoms with Crippen molar-refractivity contribution in [3.05, 3.63) is 70.8 Å². The van der Waals surface area contributed by atoms with E-state index in [1.807, 2.05) is 13.8 Å². The van der Waals surface area contributed by atoms with Gasteiger partial charge in [-0.15, -0.1) is 0 Å². The third kappa shape index (κ3) is 6.06. The van der Waals surface area contributed by atoms with Gasteiger partial charge in [-0.25, -0.2) is 4.79 Å². The fraction of sp³-hybridized carbons (Fsp3) is 0.414. The molecule has 2 fully saturated rings. The molecule has 1 N–H and O–H groups in total. The molecule has 9 nitrogen and oxygen atoms in total. The summed E-state index contributed by atoms with van der Waals surface area (Å²) in [6.07, 6.45) is 0.649. The molecule has 2 aliphatic heterocycles. The number of methoxy groups -OCH3 is 1. The molecule has 1 atom stereocenters. The zero-order chi connectivity index (χ0) is 27.2. The van der Waals surface area contributed by atoms with Crippen LogP contribution in [0.1, 0.15) is 47.8 Å². The van der Waals surface area contributed by atoms with Crippen LogP contribution in [0.15, 0.2) is 54.1 Å². The lowest BCUT2D eigenvalue weighted by Crippen LogP contribution is -2.39. The number of likely N-dealkylation sites (tertiary alicyclic amines) is 1. The van der Waals surface area contributed by atoms with Gasteiger partial charge in [0.05, 0.1) is 43.6 Å². The number of carbonyl (C=O) groups is 3. The summed E-state index contributed by atoms with van der Waals surface area (Å²) in [5.41, 5.74) is 1.39. The molecule has 202 valence electrons. The molecule has 1 amide bonds. The first-order valence-electron chi connectivity index (χ1n) is 12.8. The van der Waals surface area contributed by atoms with Gasteiger partial charge in [0.2, 0.25) is 0 Å². The van der Waals surface area contributed by atoms with Crippen molar-refractivity contribution < 1.29 is 33.7 Å². The number of esters is 1. The molecule has 0 aromatic heterocycles. The lowest BCUT2D eigenvalue weighted by atomic mass is 9.94. The molecule has 9 heteroatoms. The molecule has 38 heavy (non-hydrogen) atoms. The van der Waals surface area contributed by atoms with Crippen molar-refractivity contribution in [1.82, 2.24) is 9.80 Å². The second-order valence-electron chi connectivity index (χ2n) is 9.60. The van der Waals surface area contributed by atoms with E-state index < -0.39 is 23.7 Å². The second kappa shape index (κ2) is 12.2. The number of aliphatic hydroxyl groups is 1. The maximum atomic E-state index is 13.3. The summed E-state index contributed by atoms with van der Waals surface area (Å²) in [5, 5.41) is 11.3. The number of hydrogen-bond acceptors (Lipinski definition) is 8. The molecule has 0 spiro atoms. The largest absolute Gasteiger partial charge is 0.507 e. The predicted octanol–water partition coefficient (Wildman–Crippen LogP) is 3.40. The Morgan fingerprint density at radius 1 is 1.00 bits per heavy atom. The zero-order valence-electron chi connectivity index (χ0n) is 22.0. The number of rotatable bonds is 9. The summed E-state index contributed by atoms with van der Waals surface area (Å²) < 4.78 is 15.9. The highest BCUT2D eigenvalue weighted by molar-refractivity contribution is 6.46. The number of aliphatic hydroxyl groups excluding tert-OH is 1. The van der Waals surface area contributed by atoms with Crippen LogP contribution >= 0.6 is 0 Å². The van der Waals surface area contributed by atoms with Gasteiger partial charge in [0.15, 0.2) is 0 Å². The van der Waals surface area contributed by atoms with E-state index in [2.05, 4.69) is 4.90 Å². The molecular weight excluding hydrogens is 488 g/mol. The van der Waals surface area contributed by atoms with Gasteiger partial charge >= 0.3 is 5.97 Å². The van der Waals surface area contributed by atoms with Crippen LogP contribution in [0.3, 0.4) is 0 Å². The Morgan fingerprint density at radius 2 is 1.63 bits per heavy atom.